The molecule has 6 heteroatoms. The second kappa shape index (κ2) is 8.05. The SMILES string of the molecule is COc1ccc(CCNc2nc(C)cc(NC(C)(C)C)n2)cc1OC. The molecule has 0 aliphatic rings. The van der Waals surface area contributed by atoms with Gasteiger partial charge in [-0.15, -0.1) is 0 Å². The van der Waals surface area contributed by atoms with Crippen LogP contribution in [0, 0.1) is 6.92 Å². The Balaban J connectivity index is 2.00. The fourth-order valence-corrected chi connectivity index (χ4v) is 2.45. The number of rotatable bonds is 7. The molecule has 0 atom stereocenters. The van der Waals surface area contributed by atoms with Crippen molar-refractivity contribution in [1.82, 2.24) is 9.97 Å². The highest BCUT2D eigenvalue weighted by molar-refractivity contribution is 5.45. The minimum Gasteiger partial charge on any atom is -0.493 e. The summed E-state index contributed by atoms with van der Waals surface area (Å²) in [4.78, 5) is 8.98. The highest BCUT2D eigenvalue weighted by Crippen LogP contribution is 2.27. The van der Waals surface area contributed by atoms with Gasteiger partial charge in [-0.25, -0.2) is 4.98 Å². The quantitative estimate of drug-likeness (QED) is 0.799. The van der Waals surface area contributed by atoms with Crippen LogP contribution < -0.4 is 20.1 Å². The highest BCUT2D eigenvalue weighted by Gasteiger charge is 2.11. The van der Waals surface area contributed by atoms with Crippen molar-refractivity contribution in [3.63, 3.8) is 0 Å². The Morgan fingerprint density at radius 3 is 2.36 bits per heavy atom. The van der Waals surface area contributed by atoms with Gasteiger partial charge in [0.1, 0.15) is 5.82 Å². The first-order chi connectivity index (χ1) is 11.8. The molecule has 2 rings (SSSR count). The Morgan fingerprint density at radius 2 is 1.72 bits per heavy atom. The van der Waals surface area contributed by atoms with E-state index in [1.165, 1.54) is 0 Å². The zero-order chi connectivity index (χ0) is 18.4. The summed E-state index contributed by atoms with van der Waals surface area (Å²) in [6, 6.07) is 7.89. The number of ether oxygens (including phenoxy) is 2. The summed E-state index contributed by atoms with van der Waals surface area (Å²) in [6.07, 6.45) is 0.833. The first-order valence-electron chi connectivity index (χ1n) is 8.39. The lowest BCUT2D eigenvalue weighted by atomic mass is 10.1. The standard InChI is InChI=1S/C19H28N4O2/c1-13-11-17(23-19(2,3)4)22-18(21-13)20-10-9-14-7-8-15(24-5)16(12-14)25-6/h7-8,11-12H,9-10H2,1-6H3,(H2,20,21,22,23). The fraction of sp³-hybridized carbons (Fsp3) is 0.474. The number of aryl methyl sites for hydroxylation is 1. The number of hydrogen-bond acceptors (Lipinski definition) is 6. The van der Waals surface area contributed by atoms with Gasteiger partial charge in [0.15, 0.2) is 11.5 Å². The molecular weight excluding hydrogens is 316 g/mol. The van der Waals surface area contributed by atoms with Crippen molar-refractivity contribution < 1.29 is 9.47 Å². The van der Waals surface area contributed by atoms with Gasteiger partial charge < -0.3 is 20.1 Å². The largest absolute Gasteiger partial charge is 0.493 e. The van der Waals surface area contributed by atoms with Gasteiger partial charge in [-0.3, -0.25) is 0 Å². The first kappa shape index (κ1) is 18.8. The summed E-state index contributed by atoms with van der Waals surface area (Å²) in [5, 5.41) is 6.67. The van der Waals surface area contributed by atoms with E-state index in [4.69, 9.17) is 9.47 Å². The van der Waals surface area contributed by atoms with Crippen LogP contribution >= 0.6 is 0 Å². The van der Waals surface area contributed by atoms with E-state index in [0.717, 1.165) is 41.5 Å². The van der Waals surface area contributed by atoms with Gasteiger partial charge >= 0.3 is 0 Å². The molecule has 2 N–H and O–H groups in total. The highest BCUT2D eigenvalue weighted by atomic mass is 16.5. The Kier molecular flexibility index (Phi) is 6.07. The maximum atomic E-state index is 5.34. The molecule has 136 valence electrons. The lowest BCUT2D eigenvalue weighted by Crippen LogP contribution is -2.27. The topological polar surface area (TPSA) is 68.3 Å². The van der Waals surface area contributed by atoms with Gasteiger partial charge in [0.05, 0.1) is 14.2 Å². The van der Waals surface area contributed by atoms with Gasteiger partial charge in [-0.05, 0) is 51.8 Å². The predicted octanol–water partition coefficient (Wildman–Crippen LogP) is 3.67. The van der Waals surface area contributed by atoms with Crippen LogP contribution in [0.15, 0.2) is 24.3 Å². The number of nitrogens with one attached hydrogen (secondary N) is 2. The number of anilines is 2. The van der Waals surface area contributed by atoms with E-state index in [2.05, 4.69) is 41.4 Å². The third kappa shape index (κ3) is 5.81. The van der Waals surface area contributed by atoms with Crippen LogP contribution in [0.1, 0.15) is 32.0 Å². The van der Waals surface area contributed by atoms with E-state index in [1.54, 1.807) is 14.2 Å². The molecule has 1 aromatic heterocycles. The van der Waals surface area contributed by atoms with Crippen LogP contribution in [0.4, 0.5) is 11.8 Å². The van der Waals surface area contributed by atoms with Gasteiger partial charge in [-0.2, -0.15) is 4.98 Å². The second-order valence-electron chi connectivity index (χ2n) is 6.96. The molecule has 2 aromatic rings. The van der Waals surface area contributed by atoms with Gasteiger partial charge in [0.25, 0.3) is 0 Å². The van der Waals surface area contributed by atoms with Crippen LogP contribution in [0.3, 0.4) is 0 Å². The number of nitrogens with zero attached hydrogens (tertiary/aromatic N) is 2. The number of methoxy groups -OCH3 is 2. The summed E-state index contributed by atoms with van der Waals surface area (Å²) in [5.41, 5.74) is 2.04. The molecule has 0 saturated carbocycles. The average Bonchev–Trinajstić information content (AvgIpc) is 2.52. The van der Waals surface area contributed by atoms with Crippen LogP contribution in [0.5, 0.6) is 11.5 Å². The predicted molar refractivity (Wildman–Crippen MR) is 102 cm³/mol. The molecule has 0 fully saturated rings. The maximum Gasteiger partial charge on any atom is 0.224 e. The van der Waals surface area contributed by atoms with Gasteiger partial charge in [0, 0.05) is 23.8 Å². The normalized spacial score (nSPS) is 11.1. The van der Waals surface area contributed by atoms with Crippen LogP contribution in [0.25, 0.3) is 0 Å². The molecule has 0 saturated heterocycles. The molecule has 0 amide bonds. The summed E-state index contributed by atoms with van der Waals surface area (Å²) in [7, 11) is 3.28. The molecule has 0 radical (unpaired) electrons. The van der Waals surface area contributed by atoms with E-state index < -0.39 is 0 Å². The van der Waals surface area contributed by atoms with Crippen LogP contribution in [-0.2, 0) is 6.42 Å². The summed E-state index contributed by atoms with van der Waals surface area (Å²) in [5.74, 6) is 2.93. The van der Waals surface area contributed by atoms with E-state index in [9.17, 15) is 0 Å². The Hall–Kier alpha value is -2.50. The molecular formula is C19H28N4O2. The van der Waals surface area contributed by atoms with Crippen molar-refractivity contribution in [2.75, 3.05) is 31.4 Å². The molecule has 1 heterocycles. The van der Waals surface area contributed by atoms with Gasteiger partial charge in [-0.1, -0.05) is 6.07 Å². The summed E-state index contributed by atoms with van der Waals surface area (Å²) >= 11 is 0. The average molecular weight is 344 g/mol. The van der Waals surface area contributed by atoms with E-state index >= 15 is 0 Å². The van der Waals surface area contributed by atoms with E-state index in [0.29, 0.717) is 5.95 Å². The Morgan fingerprint density at radius 1 is 1.00 bits per heavy atom. The van der Waals surface area contributed by atoms with E-state index in [1.807, 2.05) is 31.2 Å². The molecule has 1 aromatic carbocycles. The summed E-state index contributed by atoms with van der Waals surface area (Å²) in [6.45, 7) is 9.01. The smallest absolute Gasteiger partial charge is 0.224 e. The minimum atomic E-state index is -0.0439. The fourth-order valence-electron chi connectivity index (χ4n) is 2.45. The lowest BCUT2D eigenvalue weighted by molar-refractivity contribution is 0.354. The van der Waals surface area contributed by atoms with Crippen LogP contribution in [0.2, 0.25) is 0 Å². The van der Waals surface area contributed by atoms with Crippen molar-refractivity contribution in [1.29, 1.82) is 0 Å². The molecule has 0 aliphatic carbocycles. The summed E-state index contributed by atoms with van der Waals surface area (Å²) < 4.78 is 10.6. The lowest BCUT2D eigenvalue weighted by Gasteiger charge is -2.21. The molecule has 0 spiro atoms. The molecule has 0 unspecified atom stereocenters. The van der Waals surface area contributed by atoms with Crippen molar-refractivity contribution in [2.24, 2.45) is 0 Å². The Bertz CT molecular complexity index is 711. The number of benzene rings is 1. The van der Waals surface area contributed by atoms with Crippen molar-refractivity contribution in [3.8, 4) is 11.5 Å². The number of aromatic nitrogens is 2. The van der Waals surface area contributed by atoms with Crippen LogP contribution in [-0.4, -0.2) is 36.3 Å². The zero-order valence-electron chi connectivity index (χ0n) is 15.9. The molecule has 25 heavy (non-hydrogen) atoms. The van der Waals surface area contributed by atoms with Crippen molar-refractivity contribution in [2.45, 2.75) is 39.7 Å². The monoisotopic (exact) mass is 344 g/mol. The third-order valence-corrected chi connectivity index (χ3v) is 3.50. The molecule has 6 nitrogen and oxygen atoms in total. The van der Waals surface area contributed by atoms with Crippen molar-refractivity contribution >= 4 is 11.8 Å². The number of hydrogen-bond donors (Lipinski definition) is 2. The van der Waals surface area contributed by atoms with E-state index in [-0.39, 0.29) is 5.54 Å². The maximum absolute atomic E-state index is 5.34. The first-order valence-corrected chi connectivity index (χ1v) is 8.39. The zero-order valence-corrected chi connectivity index (χ0v) is 15.9. The second-order valence-corrected chi connectivity index (χ2v) is 6.96. The minimum absolute atomic E-state index is 0.0439. The third-order valence-electron chi connectivity index (χ3n) is 3.50. The van der Waals surface area contributed by atoms with Gasteiger partial charge in [0.2, 0.25) is 5.95 Å². The molecule has 0 bridgehead atoms. The van der Waals surface area contributed by atoms with Crippen molar-refractivity contribution in [3.05, 3.63) is 35.5 Å². The Labute approximate surface area is 150 Å². The molecule has 0 aliphatic heterocycles.